The molecule has 126 valence electrons. The smallest absolute Gasteiger partial charge is 0.0248 e. The van der Waals surface area contributed by atoms with Crippen molar-refractivity contribution in [1.82, 2.24) is 9.80 Å². The Morgan fingerprint density at radius 2 is 1.48 bits per heavy atom. The van der Waals surface area contributed by atoms with Crippen LogP contribution in [0.5, 0.6) is 0 Å². The molecule has 0 amide bonds. The van der Waals surface area contributed by atoms with E-state index in [2.05, 4.69) is 58.5 Å². The molecule has 1 saturated carbocycles. The fraction of sp³-hybridized carbons (Fsp3) is 1.00. The zero-order valence-corrected chi connectivity index (χ0v) is 15.8. The van der Waals surface area contributed by atoms with Crippen molar-refractivity contribution >= 4 is 0 Å². The van der Waals surface area contributed by atoms with Gasteiger partial charge in [-0.05, 0) is 57.7 Å². The lowest BCUT2D eigenvalue weighted by Crippen LogP contribution is -2.52. The van der Waals surface area contributed by atoms with Gasteiger partial charge in [0.2, 0.25) is 0 Å². The minimum Gasteiger partial charge on any atom is -0.302 e. The largest absolute Gasteiger partial charge is 0.302 e. The molecule has 0 heterocycles. The summed E-state index contributed by atoms with van der Waals surface area (Å²) in [6.07, 6.45) is 8.27. The maximum Gasteiger partial charge on any atom is 0.0248 e. The van der Waals surface area contributed by atoms with Crippen molar-refractivity contribution in [3.8, 4) is 0 Å². The molecule has 0 aliphatic heterocycles. The Hall–Kier alpha value is -0.0800. The average Bonchev–Trinajstić information content (AvgIpc) is 2.36. The molecule has 1 aliphatic rings. The summed E-state index contributed by atoms with van der Waals surface area (Å²) in [6.45, 7) is 14.2. The van der Waals surface area contributed by atoms with E-state index in [1.165, 1.54) is 51.6 Å². The Kier molecular flexibility index (Phi) is 7.70. The van der Waals surface area contributed by atoms with Crippen molar-refractivity contribution in [3.05, 3.63) is 0 Å². The molecule has 0 saturated heterocycles. The number of hydrogen-bond donors (Lipinski definition) is 0. The zero-order valence-electron chi connectivity index (χ0n) is 15.8. The lowest BCUT2D eigenvalue weighted by molar-refractivity contribution is 0.0687. The van der Waals surface area contributed by atoms with E-state index in [-0.39, 0.29) is 0 Å². The number of rotatable bonds is 7. The van der Waals surface area contributed by atoms with Gasteiger partial charge in [0, 0.05) is 18.6 Å². The zero-order chi connectivity index (χ0) is 16.0. The fourth-order valence-corrected chi connectivity index (χ4v) is 3.86. The maximum absolute atomic E-state index is 2.66. The van der Waals surface area contributed by atoms with Crippen LogP contribution in [-0.2, 0) is 0 Å². The molecular formula is C19H40N2. The summed E-state index contributed by atoms with van der Waals surface area (Å²) in [6, 6.07) is 1.53. The fourth-order valence-electron chi connectivity index (χ4n) is 3.86. The lowest BCUT2D eigenvalue weighted by atomic mass is 9.87. The van der Waals surface area contributed by atoms with Crippen LogP contribution >= 0.6 is 0 Å². The van der Waals surface area contributed by atoms with Gasteiger partial charge in [-0.2, -0.15) is 0 Å². The van der Waals surface area contributed by atoms with E-state index in [4.69, 9.17) is 0 Å². The molecule has 0 N–H and O–H groups in total. The first-order valence-electron chi connectivity index (χ1n) is 9.11. The van der Waals surface area contributed by atoms with Gasteiger partial charge in [-0.25, -0.2) is 0 Å². The van der Waals surface area contributed by atoms with Crippen LogP contribution in [0.2, 0.25) is 0 Å². The first-order valence-corrected chi connectivity index (χ1v) is 9.11. The molecule has 2 atom stereocenters. The van der Waals surface area contributed by atoms with E-state index in [9.17, 15) is 0 Å². The van der Waals surface area contributed by atoms with E-state index < -0.39 is 0 Å². The quantitative estimate of drug-likeness (QED) is 0.675. The SMILES string of the molecule is CC(C)CN(C)C1CCCCC1N(C)CCCC(C)(C)C. The van der Waals surface area contributed by atoms with Crippen LogP contribution < -0.4 is 0 Å². The Morgan fingerprint density at radius 1 is 0.952 bits per heavy atom. The van der Waals surface area contributed by atoms with Crippen molar-refractivity contribution in [2.24, 2.45) is 11.3 Å². The molecule has 1 rings (SSSR count). The number of hydrogen-bond acceptors (Lipinski definition) is 2. The van der Waals surface area contributed by atoms with Crippen LogP contribution in [0.25, 0.3) is 0 Å². The monoisotopic (exact) mass is 296 g/mol. The first kappa shape index (κ1) is 19.0. The average molecular weight is 297 g/mol. The van der Waals surface area contributed by atoms with Crippen molar-refractivity contribution in [2.45, 2.75) is 85.2 Å². The van der Waals surface area contributed by atoms with Crippen LogP contribution in [0, 0.1) is 11.3 Å². The third kappa shape index (κ3) is 7.15. The summed E-state index contributed by atoms with van der Waals surface area (Å²) < 4.78 is 0. The van der Waals surface area contributed by atoms with Gasteiger partial charge in [0.1, 0.15) is 0 Å². The summed E-state index contributed by atoms with van der Waals surface area (Å²) in [5, 5.41) is 0. The van der Waals surface area contributed by atoms with Gasteiger partial charge in [-0.1, -0.05) is 47.5 Å². The molecular weight excluding hydrogens is 256 g/mol. The molecule has 0 aromatic rings. The number of nitrogens with zero attached hydrogens (tertiary/aromatic N) is 2. The standard InChI is InChI=1S/C19H40N2/c1-16(2)15-21(7)18-12-9-8-11-17(18)20(6)14-10-13-19(3,4)5/h16-18H,8-15H2,1-7H3. The predicted molar refractivity (Wildman–Crippen MR) is 94.8 cm³/mol. The van der Waals surface area contributed by atoms with Gasteiger partial charge >= 0.3 is 0 Å². The van der Waals surface area contributed by atoms with Crippen molar-refractivity contribution in [1.29, 1.82) is 0 Å². The Morgan fingerprint density at radius 3 is 1.95 bits per heavy atom. The summed E-state index contributed by atoms with van der Waals surface area (Å²) in [5.74, 6) is 0.767. The normalized spacial score (nSPS) is 24.3. The molecule has 0 bridgehead atoms. The molecule has 0 radical (unpaired) electrons. The highest BCUT2D eigenvalue weighted by Gasteiger charge is 2.31. The van der Waals surface area contributed by atoms with Crippen molar-refractivity contribution in [2.75, 3.05) is 27.2 Å². The molecule has 2 unspecified atom stereocenters. The van der Waals surface area contributed by atoms with Crippen LogP contribution in [0.3, 0.4) is 0 Å². The summed E-state index contributed by atoms with van der Waals surface area (Å²) in [5.41, 5.74) is 0.473. The second kappa shape index (κ2) is 8.53. The highest BCUT2D eigenvalue weighted by atomic mass is 15.2. The van der Waals surface area contributed by atoms with Gasteiger partial charge in [0.15, 0.2) is 0 Å². The summed E-state index contributed by atoms with van der Waals surface area (Å²) >= 11 is 0. The van der Waals surface area contributed by atoms with E-state index >= 15 is 0 Å². The van der Waals surface area contributed by atoms with Crippen LogP contribution in [0.1, 0.15) is 73.1 Å². The predicted octanol–water partition coefficient (Wildman–Crippen LogP) is 4.64. The first-order chi connectivity index (χ1) is 9.70. The molecule has 1 fully saturated rings. The van der Waals surface area contributed by atoms with E-state index in [0.29, 0.717) is 5.41 Å². The minimum absolute atomic E-state index is 0.473. The molecule has 0 aromatic carbocycles. The van der Waals surface area contributed by atoms with Gasteiger partial charge in [-0.15, -0.1) is 0 Å². The molecule has 2 heteroatoms. The molecule has 21 heavy (non-hydrogen) atoms. The lowest BCUT2D eigenvalue weighted by Gasteiger charge is -2.43. The van der Waals surface area contributed by atoms with Gasteiger partial charge in [0.25, 0.3) is 0 Å². The van der Waals surface area contributed by atoms with Gasteiger partial charge < -0.3 is 9.80 Å². The second-order valence-corrected chi connectivity index (χ2v) is 8.90. The second-order valence-electron chi connectivity index (χ2n) is 8.90. The van der Waals surface area contributed by atoms with Crippen molar-refractivity contribution in [3.63, 3.8) is 0 Å². The van der Waals surface area contributed by atoms with Gasteiger partial charge in [-0.3, -0.25) is 0 Å². The molecule has 0 spiro atoms. The highest BCUT2D eigenvalue weighted by Crippen LogP contribution is 2.27. The van der Waals surface area contributed by atoms with E-state index in [0.717, 1.165) is 18.0 Å². The van der Waals surface area contributed by atoms with Gasteiger partial charge in [0.05, 0.1) is 0 Å². The molecule has 0 aromatic heterocycles. The van der Waals surface area contributed by atoms with Crippen LogP contribution in [-0.4, -0.2) is 49.1 Å². The third-order valence-electron chi connectivity index (χ3n) is 4.92. The van der Waals surface area contributed by atoms with Crippen molar-refractivity contribution < 1.29 is 0 Å². The topological polar surface area (TPSA) is 6.48 Å². The highest BCUT2D eigenvalue weighted by molar-refractivity contribution is 4.88. The Labute approximate surface area is 134 Å². The molecule has 1 aliphatic carbocycles. The van der Waals surface area contributed by atoms with Crippen LogP contribution in [0.4, 0.5) is 0 Å². The van der Waals surface area contributed by atoms with E-state index in [1.54, 1.807) is 0 Å². The third-order valence-corrected chi connectivity index (χ3v) is 4.92. The minimum atomic E-state index is 0.473. The van der Waals surface area contributed by atoms with Crippen LogP contribution in [0.15, 0.2) is 0 Å². The maximum atomic E-state index is 2.66. The Balaban J connectivity index is 2.51. The summed E-state index contributed by atoms with van der Waals surface area (Å²) in [7, 11) is 4.70. The number of likely N-dealkylation sites (N-methyl/N-ethyl adjacent to an activating group) is 2. The Bertz CT molecular complexity index is 280. The molecule has 2 nitrogen and oxygen atoms in total. The summed E-state index contributed by atoms with van der Waals surface area (Å²) in [4.78, 5) is 5.29. The van der Waals surface area contributed by atoms with E-state index in [1.807, 2.05) is 0 Å².